The van der Waals surface area contributed by atoms with Gasteiger partial charge in [-0.25, -0.2) is 0 Å². The summed E-state index contributed by atoms with van der Waals surface area (Å²) in [5.41, 5.74) is 0.470. The van der Waals surface area contributed by atoms with Crippen LogP contribution in [0.3, 0.4) is 0 Å². The van der Waals surface area contributed by atoms with Crippen molar-refractivity contribution >= 4 is 5.78 Å². The van der Waals surface area contributed by atoms with E-state index in [1.807, 2.05) is 0 Å². The van der Waals surface area contributed by atoms with Crippen LogP contribution < -0.4 is 0 Å². The van der Waals surface area contributed by atoms with Gasteiger partial charge < -0.3 is 15.3 Å². The molecule has 1 aliphatic rings. The Morgan fingerprint density at radius 1 is 1.22 bits per heavy atom. The summed E-state index contributed by atoms with van der Waals surface area (Å²) in [6.45, 7) is 0. The van der Waals surface area contributed by atoms with Gasteiger partial charge in [0.05, 0.1) is 5.92 Å². The molecule has 0 saturated heterocycles. The lowest BCUT2D eigenvalue weighted by Gasteiger charge is -2.23. The van der Waals surface area contributed by atoms with E-state index in [1.54, 1.807) is 30.3 Å². The van der Waals surface area contributed by atoms with Gasteiger partial charge in [-0.1, -0.05) is 42.5 Å². The number of Topliss-reactive ketones (excluding diaryl/α,β-unsaturated/α-hetero) is 1. The second-order valence-corrected chi connectivity index (χ2v) is 4.16. The SMILES string of the molecule is O=C(C(O)c1ccccc1)C1C=CC=C(O)C1O. The lowest BCUT2D eigenvalue weighted by Crippen LogP contribution is -2.33. The summed E-state index contributed by atoms with van der Waals surface area (Å²) in [6.07, 6.45) is 1.69. The second kappa shape index (κ2) is 5.16. The van der Waals surface area contributed by atoms with E-state index in [2.05, 4.69) is 0 Å². The molecule has 0 amide bonds. The molecular formula is C14H14O4. The normalized spacial score (nSPS) is 24.4. The molecular weight excluding hydrogens is 232 g/mol. The van der Waals surface area contributed by atoms with Crippen LogP contribution in [0.4, 0.5) is 0 Å². The monoisotopic (exact) mass is 246 g/mol. The highest BCUT2D eigenvalue weighted by molar-refractivity contribution is 5.88. The highest BCUT2D eigenvalue weighted by Crippen LogP contribution is 2.25. The van der Waals surface area contributed by atoms with Crippen molar-refractivity contribution in [2.75, 3.05) is 0 Å². The first-order valence-corrected chi connectivity index (χ1v) is 5.63. The van der Waals surface area contributed by atoms with E-state index in [-0.39, 0.29) is 5.76 Å². The number of hydrogen-bond donors (Lipinski definition) is 3. The van der Waals surface area contributed by atoms with Gasteiger partial charge in [0, 0.05) is 0 Å². The average Bonchev–Trinajstić information content (AvgIpc) is 2.41. The summed E-state index contributed by atoms with van der Waals surface area (Å²) in [7, 11) is 0. The predicted molar refractivity (Wildman–Crippen MR) is 65.8 cm³/mol. The quantitative estimate of drug-likeness (QED) is 0.750. The van der Waals surface area contributed by atoms with Crippen LogP contribution in [0.1, 0.15) is 11.7 Å². The van der Waals surface area contributed by atoms with Gasteiger partial charge in [-0.3, -0.25) is 4.79 Å². The van der Waals surface area contributed by atoms with Gasteiger partial charge in [-0.2, -0.15) is 0 Å². The van der Waals surface area contributed by atoms with Crippen molar-refractivity contribution in [1.82, 2.24) is 0 Å². The molecule has 0 heterocycles. The Bertz CT molecular complexity index is 490. The smallest absolute Gasteiger partial charge is 0.175 e. The molecule has 94 valence electrons. The summed E-state index contributed by atoms with van der Waals surface area (Å²) in [4.78, 5) is 12.1. The Morgan fingerprint density at radius 3 is 2.56 bits per heavy atom. The van der Waals surface area contributed by atoms with Crippen LogP contribution in [0.15, 0.2) is 54.3 Å². The fourth-order valence-corrected chi connectivity index (χ4v) is 1.89. The minimum atomic E-state index is -1.30. The minimum Gasteiger partial charge on any atom is -0.510 e. The number of allylic oxidation sites excluding steroid dienone is 2. The van der Waals surface area contributed by atoms with Crippen LogP contribution in [0.25, 0.3) is 0 Å². The maximum atomic E-state index is 12.1. The molecule has 4 heteroatoms. The van der Waals surface area contributed by atoms with Crippen molar-refractivity contribution in [1.29, 1.82) is 0 Å². The standard InChI is InChI=1S/C14H14O4/c15-11-8-4-7-10(13(11)17)14(18)12(16)9-5-2-1-3-6-9/h1-8,10,12-13,15-17H. The Hall–Kier alpha value is -1.91. The summed E-state index contributed by atoms with van der Waals surface area (Å²) >= 11 is 0. The number of benzene rings is 1. The molecule has 0 fully saturated rings. The molecule has 4 nitrogen and oxygen atoms in total. The van der Waals surface area contributed by atoms with Gasteiger partial charge in [0.25, 0.3) is 0 Å². The lowest BCUT2D eigenvalue weighted by atomic mass is 9.87. The second-order valence-electron chi connectivity index (χ2n) is 4.16. The third kappa shape index (κ3) is 2.34. The van der Waals surface area contributed by atoms with Crippen LogP contribution in [-0.2, 0) is 4.79 Å². The maximum Gasteiger partial charge on any atom is 0.175 e. The van der Waals surface area contributed by atoms with Crippen molar-refractivity contribution in [2.45, 2.75) is 12.2 Å². The van der Waals surface area contributed by atoms with Crippen LogP contribution in [0, 0.1) is 5.92 Å². The van der Waals surface area contributed by atoms with Crippen LogP contribution >= 0.6 is 0 Å². The lowest BCUT2D eigenvalue weighted by molar-refractivity contribution is -0.133. The third-order valence-corrected chi connectivity index (χ3v) is 2.94. The number of carbonyl (C=O) groups is 1. The maximum absolute atomic E-state index is 12.1. The van der Waals surface area contributed by atoms with E-state index in [4.69, 9.17) is 0 Å². The highest BCUT2D eigenvalue weighted by Gasteiger charge is 2.33. The van der Waals surface area contributed by atoms with Gasteiger partial charge in [0.2, 0.25) is 0 Å². The molecule has 3 unspecified atom stereocenters. The van der Waals surface area contributed by atoms with Crippen molar-refractivity contribution in [3.63, 3.8) is 0 Å². The Labute approximate surface area is 105 Å². The fourth-order valence-electron chi connectivity index (χ4n) is 1.89. The zero-order valence-electron chi connectivity index (χ0n) is 9.60. The number of hydrogen-bond acceptors (Lipinski definition) is 4. The molecule has 2 rings (SSSR count). The molecule has 1 aromatic carbocycles. The summed E-state index contributed by atoms with van der Waals surface area (Å²) in [5, 5.41) is 29.0. The minimum absolute atomic E-state index is 0.267. The van der Waals surface area contributed by atoms with Gasteiger partial charge in [-0.05, 0) is 11.6 Å². The first-order chi connectivity index (χ1) is 8.61. The number of rotatable bonds is 3. The van der Waals surface area contributed by atoms with Crippen molar-refractivity contribution in [3.8, 4) is 0 Å². The van der Waals surface area contributed by atoms with E-state index >= 15 is 0 Å². The molecule has 0 aliphatic heterocycles. The summed E-state index contributed by atoms with van der Waals surface area (Å²) in [5.74, 6) is -1.73. The zero-order chi connectivity index (χ0) is 13.1. The molecule has 1 aromatic rings. The summed E-state index contributed by atoms with van der Waals surface area (Å²) < 4.78 is 0. The van der Waals surface area contributed by atoms with E-state index in [1.165, 1.54) is 18.2 Å². The third-order valence-electron chi connectivity index (χ3n) is 2.94. The van der Waals surface area contributed by atoms with Gasteiger partial charge in [0.15, 0.2) is 5.78 Å². The van der Waals surface area contributed by atoms with Gasteiger partial charge >= 0.3 is 0 Å². The average molecular weight is 246 g/mol. The van der Waals surface area contributed by atoms with Gasteiger partial charge in [-0.15, -0.1) is 0 Å². The molecule has 0 spiro atoms. The van der Waals surface area contributed by atoms with Crippen molar-refractivity contribution in [2.24, 2.45) is 5.92 Å². The molecule has 0 bridgehead atoms. The Morgan fingerprint density at radius 2 is 1.89 bits per heavy atom. The molecule has 0 saturated carbocycles. The molecule has 1 aliphatic carbocycles. The number of aliphatic hydroxyl groups excluding tert-OH is 3. The topological polar surface area (TPSA) is 77.8 Å². The van der Waals surface area contributed by atoms with E-state index in [0.29, 0.717) is 5.56 Å². The van der Waals surface area contributed by atoms with Gasteiger partial charge in [0.1, 0.15) is 18.0 Å². The van der Waals surface area contributed by atoms with Crippen LogP contribution in [0.5, 0.6) is 0 Å². The Kier molecular flexibility index (Phi) is 3.60. The van der Waals surface area contributed by atoms with E-state index in [9.17, 15) is 20.1 Å². The molecule has 18 heavy (non-hydrogen) atoms. The largest absolute Gasteiger partial charge is 0.510 e. The van der Waals surface area contributed by atoms with Crippen molar-refractivity contribution < 1.29 is 20.1 Å². The first-order valence-electron chi connectivity index (χ1n) is 5.63. The number of aliphatic hydroxyl groups is 3. The zero-order valence-corrected chi connectivity index (χ0v) is 9.60. The fraction of sp³-hybridized carbons (Fsp3) is 0.214. The number of ketones is 1. The first kappa shape index (κ1) is 12.5. The van der Waals surface area contributed by atoms with E-state index < -0.39 is 23.9 Å². The predicted octanol–water partition coefficient (Wildman–Crippen LogP) is 1.28. The molecule has 0 aromatic heterocycles. The summed E-state index contributed by atoms with van der Waals surface area (Å²) in [6, 6.07) is 8.49. The molecule has 0 radical (unpaired) electrons. The highest BCUT2D eigenvalue weighted by atomic mass is 16.3. The Balaban J connectivity index is 2.18. The van der Waals surface area contributed by atoms with Crippen LogP contribution in [0.2, 0.25) is 0 Å². The molecule has 3 N–H and O–H groups in total. The number of carbonyl (C=O) groups excluding carboxylic acids is 1. The van der Waals surface area contributed by atoms with Crippen LogP contribution in [-0.4, -0.2) is 27.2 Å². The molecule has 3 atom stereocenters. The van der Waals surface area contributed by atoms with E-state index in [0.717, 1.165) is 0 Å². The van der Waals surface area contributed by atoms with Crippen molar-refractivity contribution in [3.05, 3.63) is 59.9 Å².